The molecule has 80 valence electrons. The first-order valence-electron chi connectivity index (χ1n) is 5.42. The molecular weight excluding hydrogens is 210 g/mol. The lowest BCUT2D eigenvalue weighted by molar-refractivity contribution is 0.230. The molecule has 2 saturated heterocycles. The Labute approximate surface area is 94.4 Å². The van der Waals surface area contributed by atoms with Crippen LogP contribution in [-0.4, -0.2) is 30.7 Å². The average molecular weight is 224 g/mol. The van der Waals surface area contributed by atoms with Gasteiger partial charge in [0.25, 0.3) is 0 Å². The predicted molar refractivity (Wildman–Crippen MR) is 61.4 cm³/mol. The fraction of sp³-hybridized carbons (Fsp3) is 0.545. The second-order valence-corrected chi connectivity index (χ2v) is 4.77. The Balaban J connectivity index is 1.79. The predicted octanol–water partition coefficient (Wildman–Crippen LogP) is 1.53. The second-order valence-electron chi connectivity index (χ2n) is 4.33. The molecule has 0 bridgehead atoms. The van der Waals surface area contributed by atoms with Crippen molar-refractivity contribution in [3.8, 4) is 0 Å². The van der Waals surface area contributed by atoms with Crippen molar-refractivity contribution in [3.63, 3.8) is 0 Å². The van der Waals surface area contributed by atoms with Crippen molar-refractivity contribution < 1.29 is 0 Å². The third-order valence-electron chi connectivity index (χ3n) is 3.42. The van der Waals surface area contributed by atoms with Crippen LogP contribution in [0, 0.1) is 5.92 Å². The maximum Gasteiger partial charge on any atom is 0.0609 e. The molecule has 2 aliphatic rings. The highest BCUT2D eigenvalue weighted by Crippen LogP contribution is 2.34. The summed E-state index contributed by atoms with van der Waals surface area (Å²) >= 11 is 5.94. The lowest BCUT2D eigenvalue weighted by atomic mass is 9.83. The largest absolute Gasteiger partial charge is 0.366 e. The highest BCUT2D eigenvalue weighted by molar-refractivity contribution is 6.30. The number of halogens is 1. The van der Waals surface area contributed by atoms with Crippen molar-refractivity contribution in [3.05, 3.63) is 23.5 Å². The Morgan fingerprint density at radius 2 is 2.40 bits per heavy atom. The maximum absolute atomic E-state index is 5.94. The second kappa shape index (κ2) is 3.65. The van der Waals surface area contributed by atoms with E-state index < -0.39 is 0 Å². The van der Waals surface area contributed by atoms with Crippen LogP contribution in [0.5, 0.6) is 0 Å². The molecule has 0 amide bonds. The molecule has 0 aromatic carbocycles. The van der Waals surface area contributed by atoms with Gasteiger partial charge in [0.05, 0.1) is 16.9 Å². The first kappa shape index (κ1) is 9.43. The van der Waals surface area contributed by atoms with E-state index in [1.807, 2.05) is 12.3 Å². The van der Waals surface area contributed by atoms with Crippen molar-refractivity contribution in [2.45, 2.75) is 12.5 Å². The molecule has 3 heterocycles. The number of nitrogens with zero attached hydrogens (tertiary/aromatic N) is 2. The topological polar surface area (TPSA) is 28.2 Å². The molecule has 0 unspecified atom stereocenters. The molecule has 2 fully saturated rings. The Morgan fingerprint density at radius 1 is 1.47 bits per heavy atom. The molecule has 4 heteroatoms. The van der Waals surface area contributed by atoms with E-state index in [0.717, 1.165) is 30.6 Å². The summed E-state index contributed by atoms with van der Waals surface area (Å²) in [4.78, 5) is 6.56. The monoisotopic (exact) mass is 223 g/mol. The summed E-state index contributed by atoms with van der Waals surface area (Å²) in [7, 11) is 0. The first-order valence-corrected chi connectivity index (χ1v) is 5.80. The summed E-state index contributed by atoms with van der Waals surface area (Å²) in [6.07, 6.45) is 4.83. The third-order valence-corrected chi connectivity index (χ3v) is 3.63. The van der Waals surface area contributed by atoms with E-state index in [0.29, 0.717) is 6.04 Å². The lowest BCUT2D eigenvalue weighted by Gasteiger charge is -2.52. The van der Waals surface area contributed by atoms with Crippen LogP contribution in [-0.2, 0) is 0 Å². The van der Waals surface area contributed by atoms with Gasteiger partial charge in [-0.25, -0.2) is 0 Å². The fourth-order valence-electron chi connectivity index (χ4n) is 2.61. The molecule has 3 rings (SSSR count). The number of pyridine rings is 1. The molecule has 0 aliphatic carbocycles. The van der Waals surface area contributed by atoms with Gasteiger partial charge >= 0.3 is 0 Å². The normalized spacial score (nSPS) is 29.5. The van der Waals surface area contributed by atoms with Crippen molar-refractivity contribution >= 4 is 17.3 Å². The van der Waals surface area contributed by atoms with Crippen LogP contribution in [0.2, 0.25) is 5.02 Å². The molecule has 0 spiro atoms. The van der Waals surface area contributed by atoms with E-state index >= 15 is 0 Å². The molecule has 0 radical (unpaired) electrons. The van der Waals surface area contributed by atoms with E-state index in [9.17, 15) is 0 Å². The van der Waals surface area contributed by atoms with E-state index in [4.69, 9.17) is 11.6 Å². The molecule has 2 atom stereocenters. The van der Waals surface area contributed by atoms with E-state index in [1.54, 1.807) is 6.20 Å². The van der Waals surface area contributed by atoms with Crippen LogP contribution >= 0.6 is 11.6 Å². The van der Waals surface area contributed by atoms with Gasteiger partial charge in [0.15, 0.2) is 0 Å². The zero-order valence-electron chi connectivity index (χ0n) is 8.49. The molecule has 1 aromatic heterocycles. The lowest BCUT2D eigenvalue weighted by Crippen LogP contribution is -2.63. The SMILES string of the molecule is Clc1cncc(N2C[C@@H]3CNCC[C@@H]32)c1. The number of anilines is 1. The van der Waals surface area contributed by atoms with Crippen molar-refractivity contribution in [1.82, 2.24) is 10.3 Å². The molecule has 2 aliphatic heterocycles. The molecule has 15 heavy (non-hydrogen) atoms. The summed E-state index contributed by atoms with van der Waals surface area (Å²) in [5, 5.41) is 4.16. The van der Waals surface area contributed by atoms with Gasteiger partial charge in [-0.15, -0.1) is 0 Å². The highest BCUT2D eigenvalue weighted by atomic mass is 35.5. The molecule has 1 aromatic rings. The minimum Gasteiger partial charge on any atom is -0.366 e. The van der Waals surface area contributed by atoms with Gasteiger partial charge in [-0.3, -0.25) is 4.98 Å². The minimum absolute atomic E-state index is 0.700. The van der Waals surface area contributed by atoms with Gasteiger partial charge < -0.3 is 10.2 Å². The van der Waals surface area contributed by atoms with Crippen LogP contribution in [0.25, 0.3) is 0 Å². The highest BCUT2D eigenvalue weighted by Gasteiger charge is 2.40. The van der Waals surface area contributed by atoms with E-state index in [-0.39, 0.29) is 0 Å². The summed E-state index contributed by atoms with van der Waals surface area (Å²) in [6.45, 7) is 3.43. The van der Waals surface area contributed by atoms with Crippen LogP contribution in [0.3, 0.4) is 0 Å². The fourth-order valence-corrected chi connectivity index (χ4v) is 2.78. The van der Waals surface area contributed by atoms with Crippen LogP contribution in [0.4, 0.5) is 5.69 Å². The van der Waals surface area contributed by atoms with Gasteiger partial charge in [0.2, 0.25) is 0 Å². The van der Waals surface area contributed by atoms with E-state index in [1.165, 1.54) is 12.1 Å². The maximum atomic E-state index is 5.94. The number of rotatable bonds is 1. The van der Waals surface area contributed by atoms with Crippen molar-refractivity contribution in [2.75, 3.05) is 24.5 Å². The number of aromatic nitrogens is 1. The van der Waals surface area contributed by atoms with Gasteiger partial charge in [-0.05, 0) is 19.0 Å². The average Bonchev–Trinajstić information content (AvgIpc) is 2.20. The Hall–Kier alpha value is -0.800. The number of fused-ring (bicyclic) bond motifs is 1. The quantitative estimate of drug-likeness (QED) is 0.783. The number of hydrogen-bond acceptors (Lipinski definition) is 3. The molecule has 1 N–H and O–H groups in total. The smallest absolute Gasteiger partial charge is 0.0609 e. The Kier molecular flexibility index (Phi) is 2.29. The van der Waals surface area contributed by atoms with Crippen molar-refractivity contribution in [1.29, 1.82) is 0 Å². The first-order chi connectivity index (χ1) is 7.34. The van der Waals surface area contributed by atoms with E-state index in [2.05, 4.69) is 15.2 Å². The third kappa shape index (κ3) is 1.60. The number of nitrogens with one attached hydrogen (secondary N) is 1. The Bertz CT molecular complexity index is 369. The summed E-state index contributed by atoms with van der Waals surface area (Å²) in [5.41, 5.74) is 1.17. The van der Waals surface area contributed by atoms with Gasteiger partial charge in [-0.2, -0.15) is 0 Å². The molecular formula is C11H14ClN3. The van der Waals surface area contributed by atoms with Gasteiger partial charge in [0.1, 0.15) is 0 Å². The number of hydrogen-bond donors (Lipinski definition) is 1. The Morgan fingerprint density at radius 3 is 3.20 bits per heavy atom. The minimum atomic E-state index is 0.700. The molecule has 3 nitrogen and oxygen atoms in total. The van der Waals surface area contributed by atoms with Gasteiger partial charge in [-0.1, -0.05) is 11.6 Å². The van der Waals surface area contributed by atoms with Crippen LogP contribution in [0.1, 0.15) is 6.42 Å². The number of piperidine rings is 1. The zero-order valence-corrected chi connectivity index (χ0v) is 9.24. The van der Waals surface area contributed by atoms with Crippen molar-refractivity contribution in [2.24, 2.45) is 5.92 Å². The van der Waals surface area contributed by atoms with Gasteiger partial charge in [0, 0.05) is 31.2 Å². The standard InChI is InChI=1S/C11H14ClN3/c12-9-3-10(6-14-5-9)15-7-8-4-13-2-1-11(8)15/h3,5-6,8,11,13H,1-2,4,7H2/t8-,11-/m0/s1. The molecule has 0 saturated carbocycles. The summed E-state index contributed by atoms with van der Waals surface area (Å²) < 4.78 is 0. The van der Waals surface area contributed by atoms with Crippen LogP contribution < -0.4 is 10.2 Å². The van der Waals surface area contributed by atoms with Crippen LogP contribution in [0.15, 0.2) is 18.5 Å². The zero-order chi connectivity index (χ0) is 10.3. The summed E-state index contributed by atoms with van der Waals surface area (Å²) in [6, 6.07) is 2.71. The summed E-state index contributed by atoms with van der Waals surface area (Å²) in [5.74, 6) is 0.817.